The number of rotatable bonds is 9. The first-order valence-electron chi connectivity index (χ1n) is 12.1. The second-order valence-electron chi connectivity index (χ2n) is 9.30. The SMILES string of the molecule is CC(C)NC(=O)C(C)N(Cc1c(Cl)cccc1Cl)C(=O)CCCN1C(=O)c2cccc3cccc1c23. The van der Waals surface area contributed by atoms with Crippen LogP contribution in [0.5, 0.6) is 0 Å². The molecule has 1 atom stereocenters. The van der Waals surface area contributed by atoms with Crippen molar-refractivity contribution >= 4 is 57.4 Å². The number of nitrogens with one attached hydrogen (secondary N) is 1. The third-order valence-corrected chi connectivity index (χ3v) is 7.12. The molecule has 0 saturated carbocycles. The second-order valence-corrected chi connectivity index (χ2v) is 10.1. The highest BCUT2D eigenvalue weighted by Crippen LogP contribution is 2.37. The molecule has 0 fully saturated rings. The Hall–Kier alpha value is -3.09. The Morgan fingerprint density at radius 3 is 2.28 bits per heavy atom. The van der Waals surface area contributed by atoms with Crippen LogP contribution in [0, 0.1) is 0 Å². The predicted molar refractivity (Wildman–Crippen MR) is 145 cm³/mol. The van der Waals surface area contributed by atoms with E-state index in [9.17, 15) is 14.4 Å². The number of nitrogens with zero attached hydrogens (tertiary/aromatic N) is 2. The van der Waals surface area contributed by atoms with Gasteiger partial charge in [0.1, 0.15) is 6.04 Å². The summed E-state index contributed by atoms with van der Waals surface area (Å²) in [6.07, 6.45) is 0.609. The highest BCUT2D eigenvalue weighted by molar-refractivity contribution is 6.36. The van der Waals surface area contributed by atoms with Gasteiger partial charge in [-0.2, -0.15) is 0 Å². The van der Waals surface area contributed by atoms with E-state index in [-0.39, 0.29) is 36.7 Å². The van der Waals surface area contributed by atoms with Gasteiger partial charge in [-0.25, -0.2) is 0 Å². The Balaban J connectivity index is 1.49. The highest BCUT2D eigenvalue weighted by Gasteiger charge is 2.31. The van der Waals surface area contributed by atoms with Crippen LogP contribution in [-0.2, 0) is 16.1 Å². The molecule has 4 rings (SSSR count). The van der Waals surface area contributed by atoms with E-state index in [2.05, 4.69) is 5.32 Å². The largest absolute Gasteiger partial charge is 0.352 e. The lowest BCUT2D eigenvalue weighted by Crippen LogP contribution is -2.49. The molecule has 0 saturated heterocycles. The third-order valence-electron chi connectivity index (χ3n) is 6.41. The van der Waals surface area contributed by atoms with Crippen LogP contribution in [0.3, 0.4) is 0 Å². The van der Waals surface area contributed by atoms with Crippen LogP contribution >= 0.6 is 23.2 Å². The lowest BCUT2D eigenvalue weighted by atomic mass is 10.1. The van der Waals surface area contributed by atoms with Crippen LogP contribution < -0.4 is 10.2 Å². The molecule has 36 heavy (non-hydrogen) atoms. The molecule has 0 aliphatic carbocycles. The average Bonchev–Trinajstić information content (AvgIpc) is 3.11. The topological polar surface area (TPSA) is 69.7 Å². The summed E-state index contributed by atoms with van der Waals surface area (Å²) in [6.45, 7) is 5.94. The van der Waals surface area contributed by atoms with Crippen molar-refractivity contribution in [2.75, 3.05) is 11.4 Å². The van der Waals surface area contributed by atoms with Crippen molar-refractivity contribution in [2.45, 2.75) is 52.2 Å². The fourth-order valence-electron chi connectivity index (χ4n) is 4.57. The molecule has 8 heteroatoms. The zero-order chi connectivity index (χ0) is 26.0. The molecule has 6 nitrogen and oxygen atoms in total. The van der Waals surface area contributed by atoms with Crippen LogP contribution in [-0.4, -0.2) is 41.2 Å². The van der Waals surface area contributed by atoms with Crippen LogP contribution in [0.1, 0.15) is 49.5 Å². The molecule has 1 unspecified atom stereocenters. The molecule has 0 aromatic heterocycles. The highest BCUT2D eigenvalue weighted by atomic mass is 35.5. The summed E-state index contributed by atoms with van der Waals surface area (Å²) in [6, 6.07) is 15.9. The van der Waals surface area contributed by atoms with Crippen molar-refractivity contribution in [2.24, 2.45) is 0 Å². The molecule has 188 valence electrons. The lowest BCUT2D eigenvalue weighted by Gasteiger charge is -2.30. The molecule has 1 aliphatic heterocycles. The van der Waals surface area contributed by atoms with Gasteiger partial charge >= 0.3 is 0 Å². The lowest BCUT2D eigenvalue weighted by molar-refractivity contribution is -0.140. The van der Waals surface area contributed by atoms with E-state index in [1.807, 2.05) is 50.2 Å². The minimum Gasteiger partial charge on any atom is -0.352 e. The van der Waals surface area contributed by atoms with Crippen LogP contribution in [0.25, 0.3) is 10.8 Å². The van der Waals surface area contributed by atoms with Crippen molar-refractivity contribution < 1.29 is 14.4 Å². The second kappa shape index (κ2) is 10.9. The molecule has 1 N–H and O–H groups in total. The fourth-order valence-corrected chi connectivity index (χ4v) is 5.09. The van der Waals surface area contributed by atoms with Gasteiger partial charge in [0.2, 0.25) is 11.8 Å². The first-order valence-corrected chi connectivity index (χ1v) is 12.8. The number of benzene rings is 3. The summed E-state index contributed by atoms with van der Waals surface area (Å²) in [7, 11) is 0. The van der Waals surface area contributed by atoms with Gasteiger partial charge < -0.3 is 15.1 Å². The Bertz CT molecular complexity index is 1300. The van der Waals surface area contributed by atoms with E-state index < -0.39 is 6.04 Å². The van der Waals surface area contributed by atoms with Gasteiger partial charge in [0.05, 0.1) is 5.69 Å². The fraction of sp³-hybridized carbons (Fsp3) is 0.321. The first-order chi connectivity index (χ1) is 17.2. The van der Waals surface area contributed by atoms with E-state index in [1.54, 1.807) is 30.0 Å². The van der Waals surface area contributed by atoms with E-state index in [4.69, 9.17) is 23.2 Å². The van der Waals surface area contributed by atoms with Gasteiger partial charge in [0, 0.05) is 52.1 Å². The Labute approximate surface area is 221 Å². The molecule has 0 bridgehead atoms. The van der Waals surface area contributed by atoms with Crippen LogP contribution in [0.15, 0.2) is 54.6 Å². The number of amides is 3. The van der Waals surface area contributed by atoms with Gasteiger partial charge in [0.15, 0.2) is 0 Å². The number of hydrogen-bond donors (Lipinski definition) is 1. The van der Waals surface area contributed by atoms with E-state index in [0.717, 1.165) is 16.5 Å². The smallest absolute Gasteiger partial charge is 0.258 e. The number of carbonyl (C=O) groups excluding carboxylic acids is 3. The maximum atomic E-state index is 13.4. The summed E-state index contributed by atoms with van der Waals surface area (Å²) in [4.78, 5) is 42.5. The molecule has 0 spiro atoms. The average molecular weight is 526 g/mol. The summed E-state index contributed by atoms with van der Waals surface area (Å²) < 4.78 is 0. The first kappa shape index (κ1) is 26.0. The third kappa shape index (κ3) is 5.20. The normalized spacial score (nSPS) is 13.4. The molecule has 3 aromatic carbocycles. The number of hydrogen-bond acceptors (Lipinski definition) is 3. The predicted octanol–water partition coefficient (Wildman–Crippen LogP) is 5.83. The summed E-state index contributed by atoms with van der Waals surface area (Å²) >= 11 is 12.7. The van der Waals surface area contributed by atoms with Gasteiger partial charge in [-0.1, -0.05) is 53.5 Å². The van der Waals surface area contributed by atoms with E-state index in [0.29, 0.717) is 34.1 Å². The van der Waals surface area contributed by atoms with E-state index in [1.165, 1.54) is 4.90 Å². The van der Waals surface area contributed by atoms with Crippen molar-refractivity contribution in [1.82, 2.24) is 10.2 Å². The van der Waals surface area contributed by atoms with Gasteiger partial charge in [-0.3, -0.25) is 14.4 Å². The molecule has 3 aromatic rings. The molecule has 1 aliphatic rings. The Morgan fingerprint density at radius 1 is 0.972 bits per heavy atom. The molecular weight excluding hydrogens is 497 g/mol. The van der Waals surface area contributed by atoms with Crippen molar-refractivity contribution in [3.63, 3.8) is 0 Å². The summed E-state index contributed by atoms with van der Waals surface area (Å²) in [5.41, 5.74) is 2.14. The van der Waals surface area contributed by atoms with Crippen LogP contribution in [0.2, 0.25) is 10.0 Å². The summed E-state index contributed by atoms with van der Waals surface area (Å²) in [5, 5.41) is 5.71. The molecule has 1 heterocycles. The standard InChI is InChI=1S/C28H29Cl2N3O3/c1-17(2)31-27(35)18(3)33(16-21-22(29)11-6-12-23(21)30)25(34)14-7-15-32-24-13-5-9-19-8-4-10-20(26(19)24)28(32)36/h4-6,8-13,17-18H,7,14-16H2,1-3H3,(H,31,35). The Morgan fingerprint density at radius 2 is 1.61 bits per heavy atom. The van der Waals surface area contributed by atoms with Crippen molar-refractivity contribution in [3.8, 4) is 0 Å². The quantitative estimate of drug-likeness (QED) is 0.382. The number of carbonyl (C=O) groups is 3. The minimum atomic E-state index is -0.723. The maximum absolute atomic E-state index is 13.4. The minimum absolute atomic E-state index is 0.0568. The van der Waals surface area contributed by atoms with Crippen molar-refractivity contribution in [1.29, 1.82) is 0 Å². The zero-order valence-electron chi connectivity index (χ0n) is 20.6. The van der Waals surface area contributed by atoms with Crippen LogP contribution in [0.4, 0.5) is 5.69 Å². The Kier molecular flexibility index (Phi) is 7.86. The molecule has 3 amide bonds. The molecule has 0 radical (unpaired) electrons. The van der Waals surface area contributed by atoms with E-state index >= 15 is 0 Å². The monoisotopic (exact) mass is 525 g/mol. The maximum Gasteiger partial charge on any atom is 0.258 e. The van der Waals surface area contributed by atoms with Gasteiger partial charge in [-0.05, 0) is 56.8 Å². The molecular formula is C28H29Cl2N3O3. The summed E-state index contributed by atoms with van der Waals surface area (Å²) in [5.74, 6) is -0.517. The number of anilines is 1. The zero-order valence-corrected chi connectivity index (χ0v) is 22.1. The van der Waals surface area contributed by atoms with Crippen molar-refractivity contribution in [3.05, 3.63) is 75.8 Å². The van der Waals surface area contributed by atoms with Gasteiger partial charge in [0.25, 0.3) is 5.91 Å². The number of halogens is 2. The van der Waals surface area contributed by atoms with Gasteiger partial charge in [-0.15, -0.1) is 0 Å².